The van der Waals surface area contributed by atoms with Crippen LogP contribution < -0.4 is 10.6 Å². The number of carboxylic acids is 2. The van der Waals surface area contributed by atoms with Crippen molar-refractivity contribution in [3.63, 3.8) is 0 Å². The van der Waals surface area contributed by atoms with E-state index in [0.717, 1.165) is 73.2 Å². The van der Waals surface area contributed by atoms with Crippen molar-refractivity contribution in [3.05, 3.63) is 91.4 Å². The number of H-pyrrole nitrogens is 2. The van der Waals surface area contributed by atoms with Gasteiger partial charge in [0, 0.05) is 64.5 Å². The number of carboxylic acid groups (broad SMARTS) is 2. The van der Waals surface area contributed by atoms with E-state index in [1.807, 2.05) is 39.8 Å². The molecule has 2 aromatic heterocycles. The second-order valence-electron chi connectivity index (χ2n) is 11.4. The third-order valence-corrected chi connectivity index (χ3v) is 9.60. The highest BCUT2D eigenvalue weighted by atomic mass is 32.2. The minimum Gasteiger partial charge on any atom is -0.481 e. The van der Waals surface area contributed by atoms with Gasteiger partial charge >= 0.3 is 11.9 Å². The van der Waals surface area contributed by atoms with Crippen molar-refractivity contribution >= 4 is 47.7 Å². The number of nitrogens with one attached hydrogen (secondary N) is 4. The maximum absolute atomic E-state index is 12.5. The molecule has 0 spiro atoms. The Hall–Kier alpha value is -4.51. The smallest absolute Gasteiger partial charge is 0.303 e. The van der Waals surface area contributed by atoms with E-state index in [1.54, 1.807) is 0 Å². The largest absolute Gasteiger partial charge is 0.481 e. The van der Waals surface area contributed by atoms with E-state index in [4.69, 9.17) is 0 Å². The Morgan fingerprint density at radius 2 is 1.34 bits per heavy atom. The van der Waals surface area contributed by atoms with Gasteiger partial charge in [0.05, 0.1) is 5.70 Å². The third kappa shape index (κ3) is 6.10. The zero-order valence-corrected chi connectivity index (χ0v) is 26.1. The average Bonchev–Trinajstić information content (AvgIpc) is 3.53. The molecule has 11 heteroatoms. The van der Waals surface area contributed by atoms with Gasteiger partial charge in [-0.2, -0.15) is 0 Å². The van der Waals surface area contributed by atoms with E-state index < -0.39 is 11.9 Å². The van der Waals surface area contributed by atoms with Crippen LogP contribution in [0.1, 0.15) is 71.7 Å². The molecule has 5 rings (SSSR count). The van der Waals surface area contributed by atoms with Crippen LogP contribution in [-0.4, -0.2) is 54.9 Å². The standard InChI is InChI=1S/C33H36N4O6S/c1-6-19-15(2)24(36-33(19)43)11-22-16(3)20(7-9-29(38)39)25(34-22)13-26-21(8-10-30(40)41)17(4)23(35-26)12-27-31(28-14-44-28)18(5)32(42)37-27/h6,11-12,28,34-35H,1,7-10,13-14H2,2-5H3,(H,36,43)(H,37,42)(H,38,39)(H,40,41)/p+1/b24-11-,27-12-/t28-/m0/s1. The van der Waals surface area contributed by atoms with E-state index in [2.05, 4.69) is 27.2 Å². The molecule has 3 aliphatic rings. The monoisotopic (exact) mass is 617 g/mol. The second kappa shape index (κ2) is 12.2. The van der Waals surface area contributed by atoms with Gasteiger partial charge in [-0.3, -0.25) is 19.2 Å². The van der Waals surface area contributed by atoms with Gasteiger partial charge in [0.15, 0.2) is 11.0 Å². The molecule has 1 fully saturated rings. The fourth-order valence-electron chi connectivity index (χ4n) is 6.01. The SMILES string of the molecule is C=CC1=C(C)/C(=C/c2[nH]c(Cc3[nH]c(/C=C4\NC(=O)C(C)=C4[C@@H]4C[SH+]4)c(C)c3CCC(=O)O)c(CCC(=O)O)c2C)NC1=O. The maximum Gasteiger partial charge on any atom is 0.303 e. The summed E-state index contributed by atoms with van der Waals surface area (Å²) in [4.78, 5) is 54.9. The maximum atomic E-state index is 12.5. The molecule has 0 aliphatic carbocycles. The summed E-state index contributed by atoms with van der Waals surface area (Å²) < 4.78 is 0. The molecule has 6 N–H and O–H groups in total. The van der Waals surface area contributed by atoms with Crippen molar-refractivity contribution in [1.29, 1.82) is 0 Å². The quantitative estimate of drug-likeness (QED) is 0.121. The van der Waals surface area contributed by atoms with E-state index in [1.165, 1.54) is 17.8 Å². The van der Waals surface area contributed by atoms with Crippen LogP contribution in [0.2, 0.25) is 0 Å². The number of aliphatic carboxylic acids is 2. The fraction of sp³-hybridized carbons (Fsp3) is 0.333. The number of aromatic nitrogens is 2. The van der Waals surface area contributed by atoms with Gasteiger partial charge in [0.1, 0.15) is 0 Å². The van der Waals surface area contributed by atoms with Gasteiger partial charge in [0.2, 0.25) is 0 Å². The summed E-state index contributed by atoms with van der Waals surface area (Å²) in [5, 5.41) is 25.2. The number of allylic oxidation sites excluding steroid dienone is 2. The third-order valence-electron chi connectivity index (χ3n) is 8.61. The van der Waals surface area contributed by atoms with Gasteiger partial charge in [0.25, 0.3) is 11.8 Å². The Kier molecular flexibility index (Phi) is 8.60. The number of amides is 2. The molecule has 2 aromatic rings. The fourth-order valence-corrected chi connectivity index (χ4v) is 6.82. The van der Waals surface area contributed by atoms with Crippen LogP contribution >= 0.6 is 0 Å². The van der Waals surface area contributed by atoms with Gasteiger partial charge in [-0.25, -0.2) is 0 Å². The molecule has 1 saturated heterocycles. The Balaban J connectivity index is 1.56. The number of aromatic amines is 2. The van der Waals surface area contributed by atoms with E-state index in [-0.39, 0.29) is 24.7 Å². The second-order valence-corrected chi connectivity index (χ2v) is 12.7. The summed E-state index contributed by atoms with van der Waals surface area (Å²) in [6.07, 6.45) is 6.21. The summed E-state index contributed by atoms with van der Waals surface area (Å²) in [7, 11) is 0. The average molecular weight is 618 g/mol. The molecule has 0 aromatic carbocycles. The Morgan fingerprint density at radius 3 is 1.80 bits per heavy atom. The predicted octanol–water partition coefficient (Wildman–Crippen LogP) is 3.54. The molecule has 3 aliphatic heterocycles. The molecule has 5 heterocycles. The van der Waals surface area contributed by atoms with Gasteiger partial charge in [-0.1, -0.05) is 12.7 Å². The normalized spacial score (nSPS) is 19.8. The van der Waals surface area contributed by atoms with Crippen LogP contribution in [0.3, 0.4) is 0 Å². The van der Waals surface area contributed by atoms with Crippen LogP contribution in [0, 0.1) is 13.8 Å². The Morgan fingerprint density at radius 1 is 0.841 bits per heavy atom. The van der Waals surface area contributed by atoms with Crippen LogP contribution in [0.5, 0.6) is 0 Å². The van der Waals surface area contributed by atoms with Crippen molar-refractivity contribution < 1.29 is 29.4 Å². The van der Waals surface area contributed by atoms with E-state index in [0.29, 0.717) is 35.8 Å². The summed E-state index contributed by atoms with van der Waals surface area (Å²) in [5.74, 6) is -1.11. The lowest BCUT2D eigenvalue weighted by atomic mass is 9.98. The molecular weight excluding hydrogens is 580 g/mol. The van der Waals surface area contributed by atoms with Crippen molar-refractivity contribution in [3.8, 4) is 0 Å². The Labute approximate surface area is 259 Å². The molecule has 2 amide bonds. The van der Waals surface area contributed by atoms with Gasteiger partial charge in [-0.05, 0) is 92.3 Å². The summed E-state index contributed by atoms with van der Waals surface area (Å²) in [6.45, 7) is 11.3. The number of carbonyl (C=O) groups excluding carboxylic acids is 2. The number of carbonyl (C=O) groups is 4. The molecule has 0 radical (unpaired) electrons. The number of hydrogen-bond donors (Lipinski definition) is 6. The molecule has 0 bridgehead atoms. The van der Waals surface area contributed by atoms with Crippen LogP contribution in [0.25, 0.3) is 12.2 Å². The molecule has 0 unspecified atom stereocenters. The van der Waals surface area contributed by atoms with Crippen molar-refractivity contribution in [2.45, 2.75) is 65.0 Å². The van der Waals surface area contributed by atoms with E-state index >= 15 is 0 Å². The minimum absolute atomic E-state index is 0.0480. The van der Waals surface area contributed by atoms with E-state index in [9.17, 15) is 29.4 Å². The van der Waals surface area contributed by atoms with Crippen LogP contribution in [0.4, 0.5) is 0 Å². The highest BCUT2D eigenvalue weighted by molar-refractivity contribution is 7.87. The molecule has 1 atom stereocenters. The first-order chi connectivity index (χ1) is 20.9. The first-order valence-corrected chi connectivity index (χ1v) is 15.7. The van der Waals surface area contributed by atoms with Crippen LogP contribution in [-0.2, 0) is 50.2 Å². The molecule has 44 heavy (non-hydrogen) atoms. The number of rotatable bonds is 12. The van der Waals surface area contributed by atoms with Gasteiger partial charge in [-0.15, -0.1) is 0 Å². The summed E-state index contributed by atoms with van der Waals surface area (Å²) >= 11 is 1.30. The molecule has 230 valence electrons. The highest BCUT2D eigenvalue weighted by Crippen LogP contribution is 2.35. The minimum atomic E-state index is -0.909. The topological polar surface area (TPSA) is 164 Å². The van der Waals surface area contributed by atoms with Gasteiger partial charge < -0.3 is 30.8 Å². The predicted molar refractivity (Wildman–Crippen MR) is 171 cm³/mol. The zero-order valence-electron chi connectivity index (χ0n) is 25.2. The summed E-state index contributed by atoms with van der Waals surface area (Å²) in [6, 6.07) is 0. The van der Waals surface area contributed by atoms with Crippen molar-refractivity contribution in [2.24, 2.45) is 0 Å². The molecule has 10 nitrogen and oxygen atoms in total. The first kappa shape index (κ1) is 30.9. The lowest BCUT2D eigenvalue weighted by Gasteiger charge is -2.07. The molecular formula is C33H37N4O6S+. The lowest BCUT2D eigenvalue weighted by Crippen LogP contribution is -2.15. The highest BCUT2D eigenvalue weighted by Gasteiger charge is 2.44. The number of thiol groups is 1. The number of hydrogen-bond acceptors (Lipinski definition) is 4. The summed E-state index contributed by atoms with van der Waals surface area (Å²) in [5.41, 5.74) is 11.2. The van der Waals surface area contributed by atoms with Crippen molar-refractivity contribution in [2.75, 3.05) is 5.75 Å². The lowest BCUT2D eigenvalue weighted by molar-refractivity contribution is -0.138. The first-order valence-electron chi connectivity index (χ1n) is 14.5. The zero-order chi connectivity index (χ0) is 31.9. The van der Waals surface area contributed by atoms with Crippen molar-refractivity contribution in [1.82, 2.24) is 20.6 Å². The molecule has 0 saturated carbocycles. The van der Waals surface area contributed by atoms with Crippen LogP contribution in [0.15, 0.2) is 46.3 Å². The Bertz CT molecular complexity index is 1740.